The van der Waals surface area contributed by atoms with Crippen molar-refractivity contribution < 1.29 is 14.4 Å². The number of nitrogens with one attached hydrogen (secondary N) is 2. The molecule has 2 heterocycles. The van der Waals surface area contributed by atoms with E-state index in [1.165, 1.54) is 12.8 Å². The first-order valence-electron chi connectivity index (χ1n) is 9.24. The van der Waals surface area contributed by atoms with Gasteiger partial charge in [-0.1, -0.05) is 6.07 Å². The summed E-state index contributed by atoms with van der Waals surface area (Å²) < 4.78 is 0. The molecule has 2 saturated heterocycles. The van der Waals surface area contributed by atoms with Crippen LogP contribution in [0.5, 0.6) is 0 Å². The normalized spacial score (nSPS) is 19.5. The Morgan fingerprint density at radius 3 is 2.62 bits per heavy atom. The summed E-state index contributed by atoms with van der Waals surface area (Å²) in [5.74, 6) is -0.643. The lowest BCUT2D eigenvalue weighted by Gasteiger charge is -2.23. The lowest BCUT2D eigenvalue weighted by molar-refractivity contribution is -0.137. The van der Waals surface area contributed by atoms with Crippen LogP contribution in [0, 0.1) is 0 Å². The number of carbonyl (C=O) groups excluding carboxylic acids is 3. The SMILES string of the molecule is CNC(=O)C1CCCN1C(=O)CNC(=O)c1cccc(N2CCCC2)c1. The van der Waals surface area contributed by atoms with E-state index in [1.54, 1.807) is 18.0 Å². The molecule has 2 fully saturated rings. The molecule has 3 amide bonds. The van der Waals surface area contributed by atoms with Crippen molar-refractivity contribution in [2.45, 2.75) is 31.7 Å². The van der Waals surface area contributed by atoms with Crippen molar-refractivity contribution in [3.05, 3.63) is 29.8 Å². The Morgan fingerprint density at radius 2 is 1.88 bits per heavy atom. The summed E-state index contributed by atoms with van der Waals surface area (Å²) in [6.07, 6.45) is 3.81. The van der Waals surface area contributed by atoms with Crippen LogP contribution in [-0.2, 0) is 9.59 Å². The predicted molar refractivity (Wildman–Crippen MR) is 99.0 cm³/mol. The Morgan fingerprint density at radius 1 is 1.12 bits per heavy atom. The standard InChI is InChI=1S/C19H26N4O3/c1-20-19(26)16-8-5-11-23(16)17(24)13-21-18(25)14-6-4-7-15(12-14)22-9-2-3-10-22/h4,6-7,12,16H,2-3,5,8-11,13H2,1H3,(H,20,26)(H,21,25). The van der Waals surface area contributed by atoms with E-state index in [0.717, 1.165) is 25.2 Å². The number of carbonyl (C=O) groups is 3. The highest BCUT2D eigenvalue weighted by Crippen LogP contribution is 2.21. The van der Waals surface area contributed by atoms with Crippen LogP contribution in [0.3, 0.4) is 0 Å². The number of anilines is 1. The average Bonchev–Trinajstić information content (AvgIpc) is 3.37. The summed E-state index contributed by atoms with van der Waals surface area (Å²) in [5.41, 5.74) is 1.59. The van der Waals surface area contributed by atoms with Gasteiger partial charge in [0.25, 0.3) is 5.91 Å². The van der Waals surface area contributed by atoms with Crippen LogP contribution in [0.25, 0.3) is 0 Å². The third kappa shape index (κ3) is 3.98. The lowest BCUT2D eigenvalue weighted by Crippen LogP contribution is -2.48. The van der Waals surface area contributed by atoms with Crippen LogP contribution < -0.4 is 15.5 Å². The van der Waals surface area contributed by atoms with Crippen molar-refractivity contribution in [1.29, 1.82) is 0 Å². The smallest absolute Gasteiger partial charge is 0.251 e. The van der Waals surface area contributed by atoms with Crippen molar-refractivity contribution in [3.63, 3.8) is 0 Å². The van der Waals surface area contributed by atoms with Gasteiger partial charge in [-0.25, -0.2) is 0 Å². The molecule has 2 aliphatic rings. The number of hydrogen-bond acceptors (Lipinski definition) is 4. The monoisotopic (exact) mass is 358 g/mol. The number of rotatable bonds is 5. The van der Waals surface area contributed by atoms with Gasteiger partial charge in [0, 0.05) is 37.9 Å². The van der Waals surface area contributed by atoms with Crippen LogP contribution in [0.4, 0.5) is 5.69 Å². The van der Waals surface area contributed by atoms with E-state index in [-0.39, 0.29) is 24.3 Å². The van der Waals surface area contributed by atoms with Crippen molar-refractivity contribution >= 4 is 23.4 Å². The van der Waals surface area contributed by atoms with Gasteiger partial charge >= 0.3 is 0 Å². The summed E-state index contributed by atoms with van der Waals surface area (Å²) >= 11 is 0. The molecule has 0 aliphatic carbocycles. The molecular formula is C19H26N4O3. The highest BCUT2D eigenvalue weighted by Gasteiger charge is 2.33. The first-order chi connectivity index (χ1) is 12.6. The molecule has 7 heteroatoms. The van der Waals surface area contributed by atoms with Crippen molar-refractivity contribution in [2.24, 2.45) is 0 Å². The minimum atomic E-state index is -0.428. The van der Waals surface area contributed by atoms with Gasteiger partial charge in [0.1, 0.15) is 6.04 Å². The van der Waals surface area contributed by atoms with Gasteiger partial charge in [-0.15, -0.1) is 0 Å². The Kier molecular flexibility index (Phi) is 5.75. The number of hydrogen-bond donors (Lipinski definition) is 2. The highest BCUT2D eigenvalue weighted by molar-refractivity contribution is 5.98. The first-order valence-corrected chi connectivity index (χ1v) is 9.24. The molecule has 1 aromatic rings. The van der Waals surface area contributed by atoms with Crippen molar-refractivity contribution in [3.8, 4) is 0 Å². The van der Waals surface area contributed by atoms with Crippen LogP contribution in [0.1, 0.15) is 36.0 Å². The van der Waals surface area contributed by atoms with Gasteiger partial charge in [0.05, 0.1) is 6.54 Å². The van der Waals surface area contributed by atoms with Crippen LogP contribution in [0.2, 0.25) is 0 Å². The summed E-state index contributed by atoms with van der Waals surface area (Å²) in [6, 6.07) is 7.07. The molecule has 0 saturated carbocycles. The molecule has 1 unspecified atom stereocenters. The molecule has 0 bridgehead atoms. The van der Waals surface area contributed by atoms with E-state index in [2.05, 4.69) is 15.5 Å². The summed E-state index contributed by atoms with van der Waals surface area (Å²) in [6.45, 7) is 2.48. The summed E-state index contributed by atoms with van der Waals surface area (Å²) in [7, 11) is 1.57. The fourth-order valence-corrected chi connectivity index (χ4v) is 3.68. The van der Waals surface area contributed by atoms with Crippen LogP contribution in [0.15, 0.2) is 24.3 Å². The molecule has 2 N–H and O–H groups in total. The quantitative estimate of drug-likeness (QED) is 0.814. The maximum atomic E-state index is 12.4. The fraction of sp³-hybridized carbons (Fsp3) is 0.526. The molecule has 0 spiro atoms. The number of likely N-dealkylation sites (N-methyl/N-ethyl adjacent to an activating group) is 1. The molecule has 0 radical (unpaired) electrons. The Hall–Kier alpha value is -2.57. The molecule has 140 valence electrons. The van der Waals surface area contributed by atoms with Gasteiger partial charge in [0.15, 0.2) is 0 Å². The molecule has 0 aromatic heterocycles. The maximum Gasteiger partial charge on any atom is 0.251 e. The lowest BCUT2D eigenvalue weighted by atomic mass is 10.1. The number of benzene rings is 1. The summed E-state index contributed by atoms with van der Waals surface area (Å²) in [4.78, 5) is 40.5. The Labute approximate surface area is 153 Å². The second-order valence-electron chi connectivity index (χ2n) is 6.79. The van der Waals surface area contributed by atoms with Gasteiger partial charge in [-0.3, -0.25) is 14.4 Å². The zero-order chi connectivity index (χ0) is 18.5. The minimum Gasteiger partial charge on any atom is -0.372 e. The molecule has 3 rings (SSSR count). The predicted octanol–water partition coefficient (Wildman–Crippen LogP) is 0.754. The zero-order valence-corrected chi connectivity index (χ0v) is 15.2. The van der Waals surface area contributed by atoms with E-state index >= 15 is 0 Å². The largest absolute Gasteiger partial charge is 0.372 e. The molecule has 26 heavy (non-hydrogen) atoms. The fourth-order valence-electron chi connectivity index (χ4n) is 3.68. The number of nitrogens with zero attached hydrogens (tertiary/aromatic N) is 2. The Bertz CT molecular complexity index is 685. The molecule has 1 atom stereocenters. The maximum absolute atomic E-state index is 12.4. The van der Waals surface area contributed by atoms with Gasteiger partial charge in [-0.05, 0) is 43.9 Å². The van der Waals surface area contributed by atoms with E-state index in [4.69, 9.17) is 0 Å². The molecule has 1 aromatic carbocycles. The summed E-state index contributed by atoms with van der Waals surface area (Å²) in [5, 5.41) is 5.28. The van der Waals surface area contributed by atoms with Gasteiger partial charge in [0.2, 0.25) is 11.8 Å². The van der Waals surface area contributed by atoms with E-state index < -0.39 is 6.04 Å². The second-order valence-corrected chi connectivity index (χ2v) is 6.79. The second kappa shape index (κ2) is 8.21. The van der Waals surface area contributed by atoms with Gasteiger partial charge in [-0.2, -0.15) is 0 Å². The first kappa shape index (κ1) is 18.2. The van der Waals surface area contributed by atoms with E-state index in [9.17, 15) is 14.4 Å². The highest BCUT2D eigenvalue weighted by atomic mass is 16.2. The van der Waals surface area contributed by atoms with Gasteiger partial charge < -0.3 is 20.4 Å². The van der Waals surface area contributed by atoms with Crippen molar-refractivity contribution in [1.82, 2.24) is 15.5 Å². The van der Waals surface area contributed by atoms with Crippen molar-refractivity contribution in [2.75, 3.05) is 38.1 Å². The molecule has 2 aliphatic heterocycles. The zero-order valence-electron chi connectivity index (χ0n) is 15.2. The molecular weight excluding hydrogens is 332 g/mol. The van der Waals surface area contributed by atoms with E-state index in [0.29, 0.717) is 18.5 Å². The van der Waals surface area contributed by atoms with Crippen LogP contribution in [-0.4, -0.2) is 61.9 Å². The number of amides is 3. The minimum absolute atomic E-state index is 0.0970. The third-order valence-electron chi connectivity index (χ3n) is 5.10. The van der Waals surface area contributed by atoms with Crippen LogP contribution >= 0.6 is 0 Å². The number of likely N-dealkylation sites (tertiary alicyclic amines) is 1. The Balaban J connectivity index is 1.57. The van der Waals surface area contributed by atoms with E-state index in [1.807, 2.05) is 18.2 Å². The molecule has 7 nitrogen and oxygen atoms in total. The topological polar surface area (TPSA) is 81.8 Å². The third-order valence-corrected chi connectivity index (χ3v) is 5.10. The average molecular weight is 358 g/mol.